The summed E-state index contributed by atoms with van der Waals surface area (Å²) in [6.07, 6.45) is 2.26. The molecule has 2 aromatic rings. The number of aryl methyl sites for hydroxylation is 2. The van der Waals surface area contributed by atoms with E-state index in [-0.39, 0.29) is 11.4 Å². The molecule has 2 rings (SSSR count). The van der Waals surface area contributed by atoms with Crippen molar-refractivity contribution in [2.45, 2.75) is 37.4 Å². The van der Waals surface area contributed by atoms with E-state index >= 15 is 0 Å². The number of nitrogens with zero attached hydrogens (tertiary/aromatic N) is 2. The molecule has 0 unspecified atom stereocenters. The van der Waals surface area contributed by atoms with Crippen molar-refractivity contribution >= 4 is 10.0 Å². The molecule has 0 amide bonds. The first-order chi connectivity index (χ1) is 9.79. The highest BCUT2D eigenvalue weighted by Gasteiger charge is 2.23. The van der Waals surface area contributed by atoms with Crippen molar-refractivity contribution in [2.75, 3.05) is 0 Å². The SMILES string of the molecule is Cc1nc(S(=O)(=O)N[C@H](C)C[C@@H](O)c2ccco2)cn1C. The maximum Gasteiger partial charge on any atom is 0.259 e. The normalized spacial score (nSPS) is 15.0. The lowest BCUT2D eigenvalue weighted by Gasteiger charge is -2.15. The summed E-state index contributed by atoms with van der Waals surface area (Å²) in [5.74, 6) is 1.02. The van der Waals surface area contributed by atoms with Crippen molar-refractivity contribution in [3.05, 3.63) is 36.2 Å². The van der Waals surface area contributed by atoms with Gasteiger partial charge in [0, 0.05) is 19.3 Å². The van der Waals surface area contributed by atoms with E-state index in [9.17, 15) is 13.5 Å². The van der Waals surface area contributed by atoms with Crippen molar-refractivity contribution in [2.24, 2.45) is 7.05 Å². The van der Waals surface area contributed by atoms with Gasteiger partial charge in [0.1, 0.15) is 17.7 Å². The first kappa shape index (κ1) is 15.7. The largest absolute Gasteiger partial charge is 0.467 e. The Labute approximate surface area is 123 Å². The monoisotopic (exact) mass is 313 g/mol. The molecule has 2 aromatic heterocycles. The van der Waals surface area contributed by atoms with Gasteiger partial charge in [-0.05, 0) is 32.4 Å². The van der Waals surface area contributed by atoms with E-state index in [2.05, 4.69) is 9.71 Å². The molecule has 116 valence electrons. The smallest absolute Gasteiger partial charge is 0.259 e. The van der Waals surface area contributed by atoms with E-state index in [1.165, 1.54) is 12.5 Å². The summed E-state index contributed by atoms with van der Waals surface area (Å²) in [6.45, 7) is 3.41. The van der Waals surface area contributed by atoms with Crippen LogP contribution in [-0.4, -0.2) is 29.1 Å². The van der Waals surface area contributed by atoms with E-state index in [1.54, 1.807) is 37.6 Å². The summed E-state index contributed by atoms with van der Waals surface area (Å²) in [4.78, 5) is 4.00. The van der Waals surface area contributed by atoms with Crippen LogP contribution in [0.3, 0.4) is 0 Å². The fraction of sp³-hybridized carbons (Fsp3) is 0.462. The standard InChI is InChI=1S/C13H19N3O4S/c1-9(7-11(17)12-5-4-6-20-12)15-21(18,19)13-8-16(3)10(2)14-13/h4-6,8-9,11,15,17H,7H2,1-3H3/t9-,11-/m1/s1. The second-order valence-electron chi connectivity index (χ2n) is 5.03. The topological polar surface area (TPSA) is 97.4 Å². The molecule has 2 heterocycles. The Bertz CT molecular complexity index is 672. The minimum absolute atomic E-state index is 0.0261. The third-order valence-electron chi connectivity index (χ3n) is 3.17. The minimum Gasteiger partial charge on any atom is -0.467 e. The Hall–Kier alpha value is -1.64. The van der Waals surface area contributed by atoms with Crippen LogP contribution in [0.5, 0.6) is 0 Å². The molecule has 0 saturated carbocycles. The number of aliphatic hydroxyl groups is 1. The summed E-state index contributed by atoms with van der Waals surface area (Å²) < 4.78 is 33.6. The molecule has 8 heteroatoms. The molecule has 0 aliphatic carbocycles. The summed E-state index contributed by atoms with van der Waals surface area (Å²) in [5, 5.41) is 9.92. The molecule has 0 aromatic carbocycles. The van der Waals surface area contributed by atoms with Gasteiger partial charge in [-0.25, -0.2) is 18.1 Å². The Morgan fingerprint density at radius 1 is 1.52 bits per heavy atom. The summed E-state index contributed by atoms with van der Waals surface area (Å²) in [5.41, 5.74) is 0. The van der Waals surface area contributed by atoms with Crippen LogP contribution in [0.15, 0.2) is 34.0 Å². The number of hydrogen-bond acceptors (Lipinski definition) is 5. The van der Waals surface area contributed by atoms with Gasteiger partial charge in [0.15, 0.2) is 5.03 Å². The summed E-state index contributed by atoms with van der Waals surface area (Å²) >= 11 is 0. The van der Waals surface area contributed by atoms with Gasteiger partial charge >= 0.3 is 0 Å². The highest BCUT2D eigenvalue weighted by Crippen LogP contribution is 2.19. The number of nitrogens with one attached hydrogen (secondary N) is 1. The fourth-order valence-electron chi connectivity index (χ4n) is 1.96. The van der Waals surface area contributed by atoms with Crippen molar-refractivity contribution < 1.29 is 17.9 Å². The van der Waals surface area contributed by atoms with Crippen LogP contribution in [0.2, 0.25) is 0 Å². The maximum atomic E-state index is 12.2. The Balaban J connectivity index is 2.03. The zero-order chi connectivity index (χ0) is 15.6. The highest BCUT2D eigenvalue weighted by molar-refractivity contribution is 7.89. The highest BCUT2D eigenvalue weighted by atomic mass is 32.2. The quantitative estimate of drug-likeness (QED) is 0.832. The van der Waals surface area contributed by atoms with Crippen LogP contribution >= 0.6 is 0 Å². The first-order valence-corrected chi connectivity index (χ1v) is 8.01. The van der Waals surface area contributed by atoms with Crippen LogP contribution in [0, 0.1) is 6.92 Å². The second kappa shape index (κ2) is 6.00. The van der Waals surface area contributed by atoms with Crippen LogP contribution in [0.4, 0.5) is 0 Å². The van der Waals surface area contributed by atoms with Gasteiger partial charge in [-0.3, -0.25) is 0 Å². The molecule has 21 heavy (non-hydrogen) atoms. The van der Waals surface area contributed by atoms with Gasteiger partial charge < -0.3 is 14.1 Å². The number of furan rings is 1. The molecular formula is C13H19N3O4S. The first-order valence-electron chi connectivity index (χ1n) is 6.53. The molecular weight excluding hydrogens is 294 g/mol. The number of aromatic nitrogens is 2. The molecule has 0 bridgehead atoms. The van der Waals surface area contributed by atoms with Gasteiger partial charge in [-0.2, -0.15) is 0 Å². The summed E-state index contributed by atoms with van der Waals surface area (Å²) in [6, 6.07) is 2.86. The lowest BCUT2D eigenvalue weighted by atomic mass is 10.1. The predicted molar refractivity (Wildman–Crippen MR) is 76.0 cm³/mol. The number of sulfonamides is 1. The fourth-order valence-corrected chi connectivity index (χ4v) is 3.26. The molecule has 0 aliphatic rings. The number of hydrogen-bond donors (Lipinski definition) is 2. The van der Waals surface area contributed by atoms with Crippen LogP contribution in [-0.2, 0) is 17.1 Å². The average Bonchev–Trinajstić information content (AvgIpc) is 2.99. The lowest BCUT2D eigenvalue weighted by molar-refractivity contribution is 0.132. The molecule has 2 atom stereocenters. The molecule has 0 fully saturated rings. The Morgan fingerprint density at radius 3 is 2.76 bits per heavy atom. The van der Waals surface area contributed by atoms with Gasteiger partial charge in [-0.1, -0.05) is 0 Å². The van der Waals surface area contributed by atoms with Crippen LogP contribution < -0.4 is 4.72 Å². The van der Waals surface area contributed by atoms with Crippen molar-refractivity contribution in [3.63, 3.8) is 0 Å². The molecule has 0 saturated heterocycles. The third-order valence-corrected chi connectivity index (χ3v) is 4.63. The molecule has 2 N–H and O–H groups in total. The zero-order valence-electron chi connectivity index (χ0n) is 12.1. The van der Waals surface area contributed by atoms with E-state index in [0.717, 1.165) is 0 Å². The average molecular weight is 313 g/mol. The van der Waals surface area contributed by atoms with Crippen LogP contribution in [0.25, 0.3) is 0 Å². The Kier molecular flexibility index (Phi) is 4.50. The molecule has 0 radical (unpaired) electrons. The minimum atomic E-state index is -3.70. The molecule has 0 aliphatic heterocycles. The maximum absolute atomic E-state index is 12.2. The third kappa shape index (κ3) is 3.72. The van der Waals surface area contributed by atoms with Gasteiger partial charge in [0.2, 0.25) is 0 Å². The van der Waals surface area contributed by atoms with E-state index in [0.29, 0.717) is 11.6 Å². The molecule has 7 nitrogen and oxygen atoms in total. The van der Waals surface area contributed by atoms with Crippen LogP contribution in [0.1, 0.15) is 31.0 Å². The van der Waals surface area contributed by atoms with Crippen molar-refractivity contribution in [1.29, 1.82) is 0 Å². The predicted octanol–water partition coefficient (Wildman–Crippen LogP) is 1.11. The van der Waals surface area contributed by atoms with Gasteiger partial charge in [-0.15, -0.1) is 0 Å². The van der Waals surface area contributed by atoms with Crippen molar-refractivity contribution in [1.82, 2.24) is 14.3 Å². The lowest BCUT2D eigenvalue weighted by Crippen LogP contribution is -2.34. The Morgan fingerprint density at radius 2 is 2.24 bits per heavy atom. The van der Waals surface area contributed by atoms with Gasteiger partial charge in [0.05, 0.1) is 6.26 Å². The number of aliphatic hydroxyl groups excluding tert-OH is 1. The number of imidazole rings is 1. The molecule has 0 spiro atoms. The second-order valence-corrected chi connectivity index (χ2v) is 6.69. The van der Waals surface area contributed by atoms with Gasteiger partial charge in [0.25, 0.3) is 10.0 Å². The van der Waals surface area contributed by atoms with E-state index in [4.69, 9.17) is 4.42 Å². The number of rotatable bonds is 6. The van der Waals surface area contributed by atoms with Crippen molar-refractivity contribution in [3.8, 4) is 0 Å². The van der Waals surface area contributed by atoms with E-state index < -0.39 is 22.2 Å². The zero-order valence-corrected chi connectivity index (χ0v) is 13.0. The van der Waals surface area contributed by atoms with E-state index in [1.807, 2.05) is 0 Å². The summed E-state index contributed by atoms with van der Waals surface area (Å²) in [7, 11) is -1.97.